The number of carbonyl (C=O) groups excluding carboxylic acids is 1. The highest BCUT2D eigenvalue weighted by molar-refractivity contribution is 5.76. The lowest BCUT2D eigenvalue weighted by Gasteiger charge is -2.71. The Hall–Kier alpha value is -0.830. The second-order valence-corrected chi connectivity index (χ2v) is 15.1. The lowest BCUT2D eigenvalue weighted by Crippen LogP contribution is -2.64. The zero-order valence-corrected chi connectivity index (χ0v) is 23.2. The number of fused-ring (bicyclic) bond motifs is 7. The van der Waals surface area contributed by atoms with Crippen molar-refractivity contribution in [2.45, 2.75) is 119 Å². The van der Waals surface area contributed by atoms with Gasteiger partial charge in [-0.25, -0.2) is 0 Å². The van der Waals surface area contributed by atoms with Crippen LogP contribution in [0, 0.1) is 50.2 Å². The molecule has 34 heavy (non-hydrogen) atoms. The average Bonchev–Trinajstić information content (AvgIpc) is 2.77. The lowest BCUT2D eigenvalue weighted by atomic mass is 9.33. The molecule has 0 aromatic heterocycles. The first-order valence-electron chi connectivity index (χ1n) is 14.2. The largest absolute Gasteiger partial charge is 0.469 e. The van der Waals surface area contributed by atoms with Crippen molar-refractivity contribution in [3.05, 3.63) is 11.6 Å². The number of carbonyl (C=O) groups is 1. The smallest absolute Gasteiger partial charge is 0.311 e. The van der Waals surface area contributed by atoms with Gasteiger partial charge in [0.25, 0.3) is 0 Å². The zero-order valence-electron chi connectivity index (χ0n) is 23.2. The number of ether oxygens (including phenoxy) is 1. The second kappa shape index (κ2) is 7.36. The topological polar surface area (TPSA) is 46.5 Å². The van der Waals surface area contributed by atoms with E-state index in [1.54, 1.807) is 12.7 Å². The number of aliphatic hydroxyl groups is 1. The van der Waals surface area contributed by atoms with Crippen LogP contribution in [0.4, 0.5) is 0 Å². The van der Waals surface area contributed by atoms with Crippen molar-refractivity contribution in [3.8, 4) is 0 Å². The number of esters is 1. The first-order valence-corrected chi connectivity index (χ1v) is 14.2. The van der Waals surface area contributed by atoms with Crippen molar-refractivity contribution >= 4 is 5.97 Å². The first kappa shape index (κ1) is 24.8. The molecule has 4 fully saturated rings. The van der Waals surface area contributed by atoms with E-state index < -0.39 is 0 Å². The molecule has 5 aliphatic carbocycles. The monoisotopic (exact) mass is 470 g/mol. The van der Waals surface area contributed by atoms with Gasteiger partial charge in [0.05, 0.1) is 18.6 Å². The number of aliphatic hydroxyl groups excluding tert-OH is 1. The fraction of sp³-hybridized carbons (Fsp3) is 0.903. The minimum Gasteiger partial charge on any atom is -0.469 e. The van der Waals surface area contributed by atoms with E-state index >= 15 is 0 Å². The molecule has 192 valence electrons. The van der Waals surface area contributed by atoms with Crippen LogP contribution in [0.2, 0.25) is 0 Å². The van der Waals surface area contributed by atoms with Gasteiger partial charge < -0.3 is 9.84 Å². The molecule has 1 N–H and O–H groups in total. The van der Waals surface area contributed by atoms with Crippen molar-refractivity contribution < 1.29 is 14.6 Å². The molecule has 0 spiro atoms. The molecule has 0 radical (unpaired) electrons. The van der Waals surface area contributed by atoms with E-state index in [0.29, 0.717) is 23.2 Å². The van der Waals surface area contributed by atoms with Gasteiger partial charge in [-0.15, -0.1) is 0 Å². The summed E-state index contributed by atoms with van der Waals surface area (Å²) in [4.78, 5) is 12.8. The molecule has 3 nitrogen and oxygen atoms in total. The van der Waals surface area contributed by atoms with Crippen molar-refractivity contribution in [1.82, 2.24) is 0 Å². The van der Waals surface area contributed by atoms with Crippen molar-refractivity contribution in [3.63, 3.8) is 0 Å². The van der Waals surface area contributed by atoms with Crippen LogP contribution >= 0.6 is 0 Å². The highest BCUT2D eigenvalue weighted by Crippen LogP contribution is 2.75. The first-order chi connectivity index (χ1) is 15.7. The molecular formula is C31H50O3. The standard InChI is InChI=1S/C31H50O3/c1-26(2)22-11-14-31(7)23(29(22,5)13-12-24(26)32)10-9-20-21-19-28(4,25(33)34-8)16-15-27(21,3)17-18-30(20,31)6/h9,21-24,32H,10-19H2,1-8H3/t21-,22-,23?,24-,27+,28-,29-,30+,31+/m0/s1. The van der Waals surface area contributed by atoms with Crippen LogP contribution in [-0.4, -0.2) is 24.3 Å². The molecule has 0 aromatic rings. The molecule has 5 aliphatic rings. The summed E-state index contributed by atoms with van der Waals surface area (Å²) >= 11 is 0. The molecule has 0 aliphatic heterocycles. The van der Waals surface area contributed by atoms with E-state index in [9.17, 15) is 9.90 Å². The van der Waals surface area contributed by atoms with E-state index in [1.165, 1.54) is 32.1 Å². The molecule has 0 saturated heterocycles. The van der Waals surface area contributed by atoms with Gasteiger partial charge in [0.2, 0.25) is 0 Å². The maximum Gasteiger partial charge on any atom is 0.311 e. The normalized spacial score (nSPS) is 54.0. The summed E-state index contributed by atoms with van der Waals surface area (Å²) < 4.78 is 5.29. The Morgan fingerprint density at radius 2 is 1.59 bits per heavy atom. The van der Waals surface area contributed by atoms with Gasteiger partial charge in [0.1, 0.15) is 0 Å². The Bertz CT molecular complexity index is 904. The van der Waals surface area contributed by atoms with E-state index in [-0.39, 0.29) is 39.1 Å². The van der Waals surface area contributed by atoms with Gasteiger partial charge >= 0.3 is 5.97 Å². The highest BCUT2D eigenvalue weighted by Gasteiger charge is 2.68. The Balaban J connectivity index is 1.56. The Kier molecular flexibility index (Phi) is 5.38. The fourth-order valence-corrected chi connectivity index (χ4v) is 10.8. The number of allylic oxidation sites excluding steroid dienone is 2. The number of rotatable bonds is 1. The van der Waals surface area contributed by atoms with E-state index in [2.05, 4.69) is 54.5 Å². The maximum absolute atomic E-state index is 12.8. The Morgan fingerprint density at radius 1 is 0.912 bits per heavy atom. The summed E-state index contributed by atoms with van der Waals surface area (Å²) in [6.45, 7) is 17.1. The van der Waals surface area contributed by atoms with Crippen LogP contribution in [0.1, 0.15) is 113 Å². The minimum absolute atomic E-state index is 0.00391. The molecule has 1 unspecified atom stereocenters. The van der Waals surface area contributed by atoms with Crippen molar-refractivity contribution in [2.24, 2.45) is 50.2 Å². The van der Waals surface area contributed by atoms with Crippen LogP contribution in [0.3, 0.4) is 0 Å². The average molecular weight is 471 g/mol. The summed E-state index contributed by atoms with van der Waals surface area (Å²) in [5.41, 5.74) is 2.39. The van der Waals surface area contributed by atoms with Gasteiger partial charge in [0, 0.05) is 0 Å². The SMILES string of the molecule is COC(=O)[C@@]1(C)CC[C@]2(C)CC[C@]3(C)C(=CCC4[C@@]5(C)CC[C@H](O)C(C)(C)[C@@H]5CC[C@]43C)[C@@H]2C1. The van der Waals surface area contributed by atoms with Crippen molar-refractivity contribution in [1.29, 1.82) is 0 Å². The van der Waals surface area contributed by atoms with E-state index in [1.807, 2.05) is 0 Å². The Morgan fingerprint density at radius 3 is 2.26 bits per heavy atom. The molecule has 3 heteroatoms. The second-order valence-electron chi connectivity index (χ2n) is 15.1. The zero-order chi connectivity index (χ0) is 24.9. The lowest BCUT2D eigenvalue weighted by molar-refractivity contribution is -0.203. The molecule has 5 rings (SSSR count). The van der Waals surface area contributed by atoms with E-state index in [0.717, 1.165) is 32.1 Å². The molecule has 0 bridgehead atoms. The van der Waals surface area contributed by atoms with Gasteiger partial charge in [-0.05, 0) is 116 Å². The summed E-state index contributed by atoms with van der Waals surface area (Å²) in [6, 6.07) is 0. The Labute approximate surface area is 208 Å². The number of hydrogen-bond acceptors (Lipinski definition) is 3. The van der Waals surface area contributed by atoms with Crippen LogP contribution in [-0.2, 0) is 9.53 Å². The van der Waals surface area contributed by atoms with Gasteiger partial charge in [0.15, 0.2) is 0 Å². The molecule has 9 atom stereocenters. The third kappa shape index (κ3) is 2.94. The molecule has 0 aromatic carbocycles. The maximum atomic E-state index is 12.8. The third-order valence-corrected chi connectivity index (χ3v) is 13.5. The molecule has 0 heterocycles. The number of hydrogen-bond donors (Lipinski definition) is 1. The van der Waals surface area contributed by atoms with Gasteiger partial charge in [-0.2, -0.15) is 0 Å². The van der Waals surface area contributed by atoms with Crippen LogP contribution < -0.4 is 0 Å². The fourth-order valence-electron chi connectivity index (χ4n) is 10.8. The van der Waals surface area contributed by atoms with Gasteiger partial charge in [-0.1, -0.05) is 53.2 Å². The van der Waals surface area contributed by atoms with Gasteiger partial charge in [-0.3, -0.25) is 4.79 Å². The van der Waals surface area contributed by atoms with E-state index in [4.69, 9.17) is 4.74 Å². The highest BCUT2D eigenvalue weighted by atomic mass is 16.5. The number of methoxy groups -OCH3 is 1. The minimum atomic E-state index is -0.358. The molecular weight excluding hydrogens is 420 g/mol. The summed E-state index contributed by atoms with van der Waals surface area (Å²) in [5, 5.41) is 10.9. The third-order valence-electron chi connectivity index (χ3n) is 13.5. The summed E-state index contributed by atoms with van der Waals surface area (Å²) in [6.07, 6.45) is 13.8. The predicted octanol–water partition coefficient (Wildman–Crippen LogP) is 7.32. The molecule has 4 saturated carbocycles. The summed E-state index contributed by atoms with van der Waals surface area (Å²) in [5.74, 6) is 1.72. The predicted molar refractivity (Wildman–Crippen MR) is 137 cm³/mol. The van der Waals surface area contributed by atoms with Crippen LogP contribution in [0.25, 0.3) is 0 Å². The summed E-state index contributed by atoms with van der Waals surface area (Å²) in [7, 11) is 1.56. The quantitative estimate of drug-likeness (QED) is 0.322. The van der Waals surface area contributed by atoms with Crippen LogP contribution in [0.5, 0.6) is 0 Å². The molecule has 0 amide bonds. The van der Waals surface area contributed by atoms with Crippen molar-refractivity contribution in [2.75, 3.05) is 7.11 Å². The van der Waals surface area contributed by atoms with Crippen LogP contribution in [0.15, 0.2) is 11.6 Å².